The van der Waals surface area contributed by atoms with Crippen LogP contribution in [0.3, 0.4) is 0 Å². The Morgan fingerprint density at radius 1 is 1.17 bits per heavy atom. The van der Waals surface area contributed by atoms with Crippen molar-refractivity contribution in [1.82, 2.24) is 19.7 Å². The molecule has 2 unspecified atom stereocenters. The number of hydrogen-bond acceptors (Lipinski definition) is 5. The SMILES string of the molecule is CC1CN(C(=O)CSc2nnc(-c3ccccc3Cl)n2C2CCCC2)CC(C)O1. The molecule has 1 aliphatic heterocycles. The van der Waals surface area contributed by atoms with E-state index in [0.717, 1.165) is 29.4 Å². The lowest BCUT2D eigenvalue weighted by atomic mass is 10.2. The first-order valence-electron chi connectivity index (χ1n) is 10.3. The van der Waals surface area contributed by atoms with Gasteiger partial charge in [-0.1, -0.05) is 48.3 Å². The van der Waals surface area contributed by atoms with Gasteiger partial charge in [-0.2, -0.15) is 0 Å². The number of aromatic nitrogens is 3. The van der Waals surface area contributed by atoms with E-state index in [4.69, 9.17) is 16.3 Å². The second-order valence-electron chi connectivity index (χ2n) is 7.94. The molecular weight excluding hydrogens is 408 g/mol. The Morgan fingerprint density at radius 2 is 1.86 bits per heavy atom. The number of nitrogens with zero attached hydrogens (tertiary/aromatic N) is 4. The van der Waals surface area contributed by atoms with Crippen LogP contribution in [0.4, 0.5) is 0 Å². The second kappa shape index (κ2) is 9.06. The van der Waals surface area contributed by atoms with Gasteiger partial charge in [0, 0.05) is 24.7 Å². The summed E-state index contributed by atoms with van der Waals surface area (Å²) in [6.45, 7) is 5.30. The molecule has 1 aliphatic carbocycles. The van der Waals surface area contributed by atoms with Crippen molar-refractivity contribution >= 4 is 29.3 Å². The standard InChI is InChI=1S/C21H27ClN4O2S/c1-14-11-25(12-15(2)28-14)19(27)13-29-21-24-23-20(17-9-5-6-10-18(17)22)26(21)16-7-3-4-8-16/h5-6,9-10,14-16H,3-4,7-8,11-13H2,1-2H3. The third kappa shape index (κ3) is 4.62. The number of carbonyl (C=O) groups excluding carboxylic acids is 1. The third-order valence-corrected chi connectivity index (χ3v) is 6.82. The number of hydrogen-bond donors (Lipinski definition) is 0. The van der Waals surface area contributed by atoms with E-state index in [0.29, 0.717) is 29.9 Å². The molecule has 1 amide bonds. The van der Waals surface area contributed by atoms with Crippen molar-refractivity contribution in [2.45, 2.75) is 62.9 Å². The maximum absolute atomic E-state index is 12.8. The Labute approximate surface area is 181 Å². The molecule has 1 saturated heterocycles. The number of benzene rings is 1. The molecule has 6 nitrogen and oxygen atoms in total. The van der Waals surface area contributed by atoms with Crippen LogP contribution < -0.4 is 0 Å². The lowest BCUT2D eigenvalue weighted by Gasteiger charge is -2.35. The van der Waals surface area contributed by atoms with Crippen LogP contribution >= 0.6 is 23.4 Å². The number of carbonyl (C=O) groups is 1. The molecule has 2 heterocycles. The topological polar surface area (TPSA) is 60.2 Å². The Kier molecular flexibility index (Phi) is 6.47. The van der Waals surface area contributed by atoms with E-state index in [9.17, 15) is 4.79 Å². The fraction of sp³-hybridized carbons (Fsp3) is 0.571. The van der Waals surface area contributed by atoms with Gasteiger partial charge in [0.15, 0.2) is 11.0 Å². The zero-order valence-corrected chi connectivity index (χ0v) is 18.5. The summed E-state index contributed by atoms with van der Waals surface area (Å²) < 4.78 is 7.94. The number of halogens is 1. The van der Waals surface area contributed by atoms with Crippen molar-refractivity contribution in [2.24, 2.45) is 0 Å². The average Bonchev–Trinajstić information content (AvgIpc) is 3.35. The van der Waals surface area contributed by atoms with Crippen molar-refractivity contribution in [2.75, 3.05) is 18.8 Å². The van der Waals surface area contributed by atoms with E-state index in [1.54, 1.807) is 0 Å². The highest BCUT2D eigenvalue weighted by atomic mass is 35.5. The average molecular weight is 435 g/mol. The fourth-order valence-corrected chi connectivity index (χ4v) is 5.42. The molecule has 156 valence electrons. The predicted molar refractivity (Wildman–Crippen MR) is 115 cm³/mol. The fourth-order valence-electron chi connectivity index (χ4n) is 4.29. The highest BCUT2D eigenvalue weighted by molar-refractivity contribution is 7.99. The highest BCUT2D eigenvalue weighted by Crippen LogP contribution is 2.38. The molecule has 2 aromatic rings. The quantitative estimate of drug-likeness (QED) is 0.651. The molecule has 29 heavy (non-hydrogen) atoms. The Bertz CT molecular complexity index is 858. The van der Waals surface area contributed by atoms with Crippen LogP contribution in [0.1, 0.15) is 45.6 Å². The molecule has 1 saturated carbocycles. The molecule has 2 aliphatic rings. The second-order valence-corrected chi connectivity index (χ2v) is 9.29. The van der Waals surface area contributed by atoms with E-state index in [2.05, 4.69) is 14.8 Å². The monoisotopic (exact) mass is 434 g/mol. The summed E-state index contributed by atoms with van der Waals surface area (Å²) >= 11 is 7.92. The summed E-state index contributed by atoms with van der Waals surface area (Å²) in [5.74, 6) is 1.27. The summed E-state index contributed by atoms with van der Waals surface area (Å²) in [6, 6.07) is 8.10. The summed E-state index contributed by atoms with van der Waals surface area (Å²) in [4.78, 5) is 14.7. The minimum atomic E-state index is 0.0710. The first-order chi connectivity index (χ1) is 14.0. The molecule has 4 rings (SSSR count). The normalized spacial score (nSPS) is 22.9. The van der Waals surface area contributed by atoms with Crippen molar-refractivity contribution in [3.8, 4) is 11.4 Å². The number of ether oxygens (including phenoxy) is 1. The molecule has 1 aromatic heterocycles. The van der Waals surface area contributed by atoms with Crippen LogP contribution in [-0.4, -0.2) is 56.6 Å². The number of amides is 1. The predicted octanol–water partition coefficient (Wildman–Crippen LogP) is 4.44. The van der Waals surface area contributed by atoms with Gasteiger partial charge in [0.25, 0.3) is 0 Å². The van der Waals surface area contributed by atoms with Gasteiger partial charge in [-0.15, -0.1) is 10.2 Å². The van der Waals surface area contributed by atoms with E-state index >= 15 is 0 Å². The van der Waals surface area contributed by atoms with Crippen LogP contribution in [0.25, 0.3) is 11.4 Å². The van der Waals surface area contributed by atoms with E-state index in [1.807, 2.05) is 43.0 Å². The van der Waals surface area contributed by atoms with Crippen molar-refractivity contribution < 1.29 is 9.53 Å². The van der Waals surface area contributed by atoms with Crippen molar-refractivity contribution in [3.05, 3.63) is 29.3 Å². The van der Waals surface area contributed by atoms with Crippen LogP contribution in [0, 0.1) is 0 Å². The van der Waals surface area contributed by atoms with Crippen LogP contribution in [-0.2, 0) is 9.53 Å². The van der Waals surface area contributed by atoms with E-state index < -0.39 is 0 Å². The molecular formula is C21H27ClN4O2S. The number of morpholine rings is 1. The molecule has 0 spiro atoms. The lowest BCUT2D eigenvalue weighted by Crippen LogP contribution is -2.48. The molecule has 2 atom stereocenters. The van der Waals surface area contributed by atoms with E-state index in [-0.39, 0.29) is 18.1 Å². The largest absolute Gasteiger partial charge is 0.372 e. The summed E-state index contributed by atoms with van der Waals surface area (Å²) in [7, 11) is 0. The van der Waals surface area contributed by atoms with Crippen molar-refractivity contribution in [1.29, 1.82) is 0 Å². The summed E-state index contributed by atoms with van der Waals surface area (Å²) in [5.41, 5.74) is 0.891. The Hall–Kier alpha value is -1.57. The maximum atomic E-state index is 12.8. The summed E-state index contributed by atoms with van der Waals surface area (Å²) in [6.07, 6.45) is 4.77. The minimum Gasteiger partial charge on any atom is -0.372 e. The first kappa shape index (κ1) is 20.7. The molecule has 0 N–H and O–H groups in total. The van der Waals surface area contributed by atoms with Crippen LogP contribution in [0.15, 0.2) is 29.4 Å². The lowest BCUT2D eigenvalue weighted by molar-refractivity contribution is -0.140. The molecule has 2 fully saturated rings. The number of thioether (sulfide) groups is 1. The smallest absolute Gasteiger partial charge is 0.233 e. The summed E-state index contributed by atoms with van der Waals surface area (Å²) in [5, 5.41) is 10.4. The minimum absolute atomic E-state index is 0.0710. The molecule has 0 radical (unpaired) electrons. The molecule has 1 aromatic carbocycles. The van der Waals surface area contributed by atoms with Crippen LogP contribution in [0.2, 0.25) is 5.02 Å². The Balaban J connectivity index is 1.54. The zero-order chi connectivity index (χ0) is 20.4. The maximum Gasteiger partial charge on any atom is 0.233 e. The van der Waals surface area contributed by atoms with Gasteiger partial charge in [0.05, 0.1) is 23.0 Å². The third-order valence-electron chi connectivity index (χ3n) is 5.57. The van der Waals surface area contributed by atoms with Gasteiger partial charge in [-0.3, -0.25) is 9.36 Å². The molecule has 8 heteroatoms. The van der Waals surface area contributed by atoms with Gasteiger partial charge in [-0.05, 0) is 38.8 Å². The first-order valence-corrected chi connectivity index (χ1v) is 11.6. The highest BCUT2D eigenvalue weighted by Gasteiger charge is 2.28. The van der Waals surface area contributed by atoms with Crippen molar-refractivity contribution in [3.63, 3.8) is 0 Å². The van der Waals surface area contributed by atoms with Gasteiger partial charge in [0.2, 0.25) is 5.91 Å². The molecule has 0 bridgehead atoms. The van der Waals surface area contributed by atoms with E-state index in [1.165, 1.54) is 24.6 Å². The Morgan fingerprint density at radius 3 is 2.55 bits per heavy atom. The van der Waals surface area contributed by atoms with Gasteiger partial charge in [-0.25, -0.2) is 0 Å². The number of rotatable bonds is 5. The van der Waals surface area contributed by atoms with Gasteiger partial charge < -0.3 is 9.64 Å². The van der Waals surface area contributed by atoms with Gasteiger partial charge >= 0.3 is 0 Å². The zero-order valence-electron chi connectivity index (χ0n) is 16.9. The van der Waals surface area contributed by atoms with Gasteiger partial charge in [0.1, 0.15) is 0 Å². The van der Waals surface area contributed by atoms with Crippen LogP contribution in [0.5, 0.6) is 0 Å².